The van der Waals surface area contributed by atoms with Crippen molar-refractivity contribution in [3.8, 4) is 33.8 Å². The monoisotopic (exact) mass is 1720 g/mol. The highest BCUT2D eigenvalue weighted by Crippen LogP contribution is 2.46. The molecule has 8 unspecified atom stereocenters. The van der Waals surface area contributed by atoms with Crippen molar-refractivity contribution in [3.05, 3.63) is 165 Å². The average Bonchev–Trinajstić information content (AvgIpc) is 1.63. The predicted molar refractivity (Wildman–Crippen MR) is 476 cm³/mol. The number of nitrogens with zero attached hydrogens (tertiary/aromatic N) is 4. The molecule has 27 heteroatoms. The summed E-state index contributed by atoms with van der Waals surface area (Å²) in [4.78, 5) is 132. The minimum absolute atomic E-state index is 0.0457. The highest BCUT2D eigenvalue weighted by Gasteiger charge is 2.49. The van der Waals surface area contributed by atoms with E-state index in [0.717, 1.165) is 71.9 Å². The number of alkyl carbamates (subject to hydrolysis) is 1. The molecule has 2 saturated heterocycles. The van der Waals surface area contributed by atoms with E-state index >= 15 is 0 Å². The maximum atomic E-state index is 14.4. The first-order chi connectivity index (χ1) is 59.1. The number of hydrogen-bond donors (Lipinski definition) is 5. The number of Topliss-reactive ketones (excluding diaryl/α,β-unsaturated/α-hetero) is 2. The fraction of sp³-hybridized carbons (Fsp3) is 0.557. The second-order valence-corrected chi connectivity index (χ2v) is 42.2. The maximum absolute atomic E-state index is 14.4. The fourth-order valence-electron chi connectivity index (χ4n) is 17.5. The second-order valence-electron chi connectivity index (χ2n) is 37.4. The molecule has 124 heavy (non-hydrogen) atoms. The van der Waals surface area contributed by atoms with Gasteiger partial charge in [-0.25, -0.2) is 24.0 Å². The number of nitrogens with one attached hydrogen (secondary N) is 3. The van der Waals surface area contributed by atoms with Crippen molar-refractivity contribution in [2.24, 2.45) is 53.1 Å². The summed E-state index contributed by atoms with van der Waals surface area (Å²) in [5.74, 6) is -4.99. The molecule has 6 heterocycles. The normalized spacial score (nSPS) is 21.8. The van der Waals surface area contributed by atoms with Crippen molar-refractivity contribution in [1.29, 1.82) is 0 Å². The summed E-state index contributed by atoms with van der Waals surface area (Å²) in [7, 11) is -2.31. The Hall–Kier alpha value is -9.77. The van der Waals surface area contributed by atoms with E-state index < -0.39 is 135 Å². The molecule has 14 atom stereocenters. The summed E-state index contributed by atoms with van der Waals surface area (Å²) >= 11 is 0. The van der Waals surface area contributed by atoms with Crippen molar-refractivity contribution in [3.63, 3.8) is 0 Å². The predicted octanol–water partition coefficient (Wildman–Crippen LogP) is 16.0. The summed E-state index contributed by atoms with van der Waals surface area (Å²) in [6.45, 7) is 29.5. The zero-order chi connectivity index (χ0) is 89.2. The molecule has 5 aliphatic rings. The van der Waals surface area contributed by atoms with Crippen LogP contribution >= 0.6 is 0 Å². The van der Waals surface area contributed by atoms with Crippen molar-refractivity contribution in [2.75, 3.05) is 19.8 Å². The summed E-state index contributed by atoms with van der Waals surface area (Å²) in [6, 6.07) is 32.7. The van der Waals surface area contributed by atoms with E-state index in [4.69, 9.17) is 42.7 Å². The number of nitrogens with two attached hydrogens (primary N) is 1. The number of aliphatic hydroxyl groups excluding tert-OH is 1. The Morgan fingerprint density at radius 3 is 1.40 bits per heavy atom. The topological polar surface area (TPSA) is 353 Å². The summed E-state index contributed by atoms with van der Waals surface area (Å²) in [5, 5.41) is 19.9. The van der Waals surface area contributed by atoms with E-state index in [1.165, 1.54) is 39.5 Å². The lowest BCUT2D eigenvalue weighted by molar-refractivity contribution is -0.159. The number of hydrogen-bond acceptors (Lipinski definition) is 21. The number of carbonyl (C=O) groups is 7. The number of ketones is 2. The second kappa shape index (κ2) is 41.1. The van der Waals surface area contributed by atoms with Gasteiger partial charge in [0.15, 0.2) is 19.9 Å². The third-order valence-electron chi connectivity index (χ3n) is 26.1. The van der Waals surface area contributed by atoms with Crippen LogP contribution in [0.3, 0.4) is 0 Å². The smallest absolute Gasteiger partial charge is 0.407 e. The molecule has 2 aliphatic heterocycles. The number of furan rings is 2. The highest BCUT2D eigenvalue weighted by atomic mass is 28.4. The molecule has 668 valence electrons. The Balaban J connectivity index is 0.000000244. The molecule has 8 aromatic rings. The van der Waals surface area contributed by atoms with Crippen LogP contribution < -0.4 is 33.1 Å². The van der Waals surface area contributed by atoms with Crippen LogP contribution in [0.4, 0.5) is 4.79 Å². The number of ether oxygens (including phenoxy) is 5. The molecule has 4 aromatic carbocycles. The van der Waals surface area contributed by atoms with Gasteiger partial charge in [0.2, 0.25) is 23.2 Å². The fourth-order valence-corrected chi connectivity index (χ4v) is 18.5. The lowest BCUT2D eigenvalue weighted by Crippen LogP contribution is -2.52. The number of rotatable bonds is 35. The lowest BCUT2D eigenvalue weighted by Gasteiger charge is -2.37. The number of aryl methyl sites for hydroxylation is 2. The van der Waals surface area contributed by atoms with Crippen LogP contribution in [-0.2, 0) is 69.7 Å². The van der Waals surface area contributed by atoms with E-state index in [9.17, 15) is 48.3 Å². The van der Waals surface area contributed by atoms with E-state index in [0.29, 0.717) is 54.4 Å². The Morgan fingerprint density at radius 2 is 0.976 bits per heavy atom. The summed E-state index contributed by atoms with van der Waals surface area (Å²) in [6.07, 6.45) is 10.1. The Labute approximate surface area is 728 Å². The SMILES string of the molecule is CCCCCc1ccc(-c2cc3cn([C@H]4C[C@@H](OC(=O)C(NC(=O)C5CCCC5C(=O)C(N)C(C)C)C(C)C)[C@@H](CO)O4)c(=O)nc3o2)cc1.CCCCCc1ccc(-c2cc3cn([C@H]4C[C@@H](OC(=O)C(NC(=O)C5CCCC5C(=O)C(NC(=O)OCC5c6ccccc6-c6ccccc65)C(C)C)C(C)C)[C@@H](CO[Si](C)(C)C(C)(C)C)O4)c(=O)nc3o2)cc1. The molecule has 2 saturated carbocycles. The van der Waals surface area contributed by atoms with Crippen molar-refractivity contribution < 1.29 is 75.6 Å². The van der Waals surface area contributed by atoms with Gasteiger partial charge in [-0.05, 0) is 139 Å². The zero-order valence-corrected chi connectivity index (χ0v) is 75.7. The number of unbranched alkanes of at least 4 members (excludes halogenated alkanes) is 4. The average molecular weight is 1720 g/mol. The van der Waals surface area contributed by atoms with E-state index in [1.54, 1.807) is 26.2 Å². The van der Waals surface area contributed by atoms with Gasteiger partial charge in [-0.1, -0.05) is 226 Å². The van der Waals surface area contributed by atoms with Gasteiger partial charge in [0.25, 0.3) is 0 Å². The van der Waals surface area contributed by atoms with Crippen LogP contribution in [-0.4, -0.2) is 142 Å². The van der Waals surface area contributed by atoms with Crippen molar-refractivity contribution >= 4 is 71.9 Å². The van der Waals surface area contributed by atoms with Gasteiger partial charge in [0, 0.05) is 66.0 Å². The molecule has 0 bridgehead atoms. The van der Waals surface area contributed by atoms with Crippen LogP contribution in [0.15, 0.2) is 140 Å². The molecule has 4 aromatic heterocycles. The quantitative estimate of drug-likeness (QED) is 0.0107. The summed E-state index contributed by atoms with van der Waals surface area (Å²) < 4.78 is 51.9. The van der Waals surface area contributed by atoms with Gasteiger partial charge in [0.1, 0.15) is 67.1 Å². The maximum Gasteiger partial charge on any atom is 0.407 e. The standard InChI is InChI=1S/C59H76N4O10Si.C38H52N4O8/c1-11-12-13-19-37-26-28-38(29-27-37)47-30-39-32-63(57(67)62-55(39)72-47)50-31-48(49(71-50)34-70-74(9,10)59(6,7)8)73-56(66)52(36(4)5)60-54(65)45-25-18-24-44(45)53(64)51(35(2)3)61-58(68)69-33-46-42-22-16-14-20-40(42)41-21-15-17-23-43(41)46;1-6-7-8-10-23-13-15-24(16-14-23)28-17-25-19-42(38(47)41-36(25)49-28)31-18-29(30(20-43)48-31)50-37(46)33(22(4)5)40-35(45)27-12-9-11-26(27)34(44)32(39)21(2)3/h14-17,20-23,26-30,32,35-36,44-46,48-52H,11-13,18-19,24-25,31,33-34H2,1-10H3,(H,60,65)(H,61,68);13-17,19,21-22,26-27,29-33,43H,6-12,18,20,39H2,1-5H3,(H,40,45)/t44?,45?,48-,49-,50-,51?,52?;26?,27?,29-,30-,31-,32?,33?/m11/s1. The third-order valence-corrected chi connectivity index (χ3v) is 30.6. The minimum atomic E-state index is -2.31. The van der Waals surface area contributed by atoms with Crippen LogP contribution in [0.25, 0.3) is 56.0 Å². The largest absolute Gasteiger partial charge is 0.458 e. The zero-order valence-electron chi connectivity index (χ0n) is 74.7. The van der Waals surface area contributed by atoms with E-state index in [-0.39, 0.29) is 89.6 Å². The van der Waals surface area contributed by atoms with Gasteiger partial charge in [-0.15, -0.1) is 0 Å². The number of fused-ring (bicyclic) bond motifs is 5. The molecular formula is C97H128N8O18Si. The number of esters is 2. The van der Waals surface area contributed by atoms with Crippen molar-refractivity contribution in [1.82, 2.24) is 35.1 Å². The molecule has 6 N–H and O–H groups in total. The van der Waals surface area contributed by atoms with Crippen LogP contribution in [0.5, 0.6) is 0 Å². The number of carbonyl (C=O) groups excluding carboxylic acids is 7. The molecule has 0 radical (unpaired) electrons. The molecule has 4 fully saturated rings. The van der Waals surface area contributed by atoms with Gasteiger partial charge < -0.3 is 63.7 Å². The molecule has 3 aliphatic carbocycles. The van der Waals surface area contributed by atoms with Crippen LogP contribution in [0, 0.1) is 47.3 Å². The lowest BCUT2D eigenvalue weighted by atomic mass is 9.84. The first-order valence-electron chi connectivity index (χ1n) is 44.9. The van der Waals surface area contributed by atoms with Crippen molar-refractivity contribution in [2.45, 2.75) is 278 Å². The van der Waals surface area contributed by atoms with E-state index in [2.05, 4.69) is 110 Å². The van der Waals surface area contributed by atoms with Gasteiger partial charge in [0.05, 0.1) is 36.1 Å². The Bertz CT molecular complexity index is 5130. The number of aromatic nitrogens is 4. The Morgan fingerprint density at radius 1 is 0.548 bits per heavy atom. The Kier molecular flexibility index (Phi) is 31.0. The first kappa shape index (κ1) is 93.4. The van der Waals surface area contributed by atoms with Crippen LogP contribution in [0.1, 0.15) is 221 Å². The van der Waals surface area contributed by atoms with Gasteiger partial charge in [-0.3, -0.25) is 28.3 Å². The first-order valence-corrected chi connectivity index (χ1v) is 47.8. The van der Waals surface area contributed by atoms with Gasteiger partial charge >= 0.3 is 29.4 Å². The highest BCUT2D eigenvalue weighted by molar-refractivity contribution is 6.74. The molecular weight excluding hydrogens is 1590 g/mol. The number of amides is 3. The minimum Gasteiger partial charge on any atom is -0.458 e. The summed E-state index contributed by atoms with van der Waals surface area (Å²) in [5.41, 5.74) is 14.0. The molecule has 3 amide bonds. The van der Waals surface area contributed by atoms with Crippen LogP contribution in [0.2, 0.25) is 18.1 Å². The molecule has 26 nitrogen and oxygen atoms in total. The molecule has 13 rings (SSSR count). The number of benzene rings is 4. The number of aliphatic hydroxyl groups is 1. The molecule has 0 spiro atoms. The van der Waals surface area contributed by atoms with Gasteiger partial charge in [-0.2, -0.15) is 9.97 Å². The third kappa shape index (κ3) is 21.8. The van der Waals surface area contributed by atoms with E-state index in [1.807, 2.05) is 114 Å².